The summed E-state index contributed by atoms with van der Waals surface area (Å²) in [6.07, 6.45) is 3.31. The summed E-state index contributed by atoms with van der Waals surface area (Å²) in [6.45, 7) is 15.3. The molecule has 0 aliphatic heterocycles. The standard InChI is InChI=1S/C14H31NO2S/c1-9-12(13(2,3)4)10-11-15(14(5,6)7)18(8,16)17/h12H,9-11H2,1-8H3. The van der Waals surface area contributed by atoms with Gasteiger partial charge in [0.25, 0.3) is 0 Å². The van der Waals surface area contributed by atoms with Crippen molar-refractivity contribution in [3.05, 3.63) is 0 Å². The van der Waals surface area contributed by atoms with Crippen LogP contribution in [0.4, 0.5) is 0 Å². The SMILES string of the molecule is CCC(CCN(C(C)(C)C)S(C)(=O)=O)C(C)(C)C. The van der Waals surface area contributed by atoms with E-state index in [-0.39, 0.29) is 11.0 Å². The molecule has 3 nitrogen and oxygen atoms in total. The van der Waals surface area contributed by atoms with Gasteiger partial charge in [0.1, 0.15) is 0 Å². The maximum absolute atomic E-state index is 11.9. The Morgan fingerprint density at radius 2 is 1.50 bits per heavy atom. The molecule has 0 aliphatic rings. The Morgan fingerprint density at radius 1 is 1.06 bits per heavy atom. The molecule has 0 bridgehead atoms. The minimum Gasteiger partial charge on any atom is -0.212 e. The Hall–Kier alpha value is -0.0900. The number of nitrogens with zero attached hydrogens (tertiary/aromatic N) is 1. The highest BCUT2D eigenvalue weighted by atomic mass is 32.2. The molecule has 0 saturated carbocycles. The van der Waals surface area contributed by atoms with E-state index in [0.717, 1.165) is 12.8 Å². The largest absolute Gasteiger partial charge is 0.212 e. The summed E-state index contributed by atoms with van der Waals surface area (Å²) >= 11 is 0. The van der Waals surface area contributed by atoms with E-state index >= 15 is 0 Å². The molecule has 0 aromatic heterocycles. The van der Waals surface area contributed by atoms with E-state index in [9.17, 15) is 8.42 Å². The maximum Gasteiger partial charge on any atom is 0.211 e. The van der Waals surface area contributed by atoms with Gasteiger partial charge in [0, 0.05) is 12.1 Å². The lowest BCUT2D eigenvalue weighted by Crippen LogP contribution is -2.46. The van der Waals surface area contributed by atoms with Crippen molar-refractivity contribution in [1.29, 1.82) is 0 Å². The molecule has 18 heavy (non-hydrogen) atoms. The molecular weight excluding hydrogens is 246 g/mol. The molecule has 0 aromatic carbocycles. The molecule has 0 aliphatic carbocycles. The molecule has 0 fully saturated rings. The monoisotopic (exact) mass is 277 g/mol. The zero-order valence-corrected chi connectivity index (χ0v) is 14.2. The predicted molar refractivity (Wildman–Crippen MR) is 79.2 cm³/mol. The van der Waals surface area contributed by atoms with E-state index in [1.807, 2.05) is 20.8 Å². The van der Waals surface area contributed by atoms with Gasteiger partial charge in [-0.25, -0.2) is 8.42 Å². The molecule has 1 atom stereocenters. The lowest BCUT2D eigenvalue weighted by molar-refractivity contribution is 0.176. The minimum atomic E-state index is -3.14. The first kappa shape index (κ1) is 17.9. The van der Waals surface area contributed by atoms with Crippen LogP contribution in [0.15, 0.2) is 0 Å². The van der Waals surface area contributed by atoms with Gasteiger partial charge in [0.2, 0.25) is 10.0 Å². The Kier molecular flexibility index (Phi) is 5.88. The van der Waals surface area contributed by atoms with Crippen LogP contribution < -0.4 is 0 Å². The lowest BCUT2D eigenvalue weighted by atomic mass is 9.77. The highest BCUT2D eigenvalue weighted by Crippen LogP contribution is 2.32. The van der Waals surface area contributed by atoms with Crippen molar-refractivity contribution >= 4 is 10.0 Å². The molecule has 0 spiro atoms. The third kappa shape index (κ3) is 5.70. The topological polar surface area (TPSA) is 37.4 Å². The van der Waals surface area contributed by atoms with E-state index in [0.29, 0.717) is 12.5 Å². The smallest absolute Gasteiger partial charge is 0.211 e. The van der Waals surface area contributed by atoms with Gasteiger partial charge in [-0.3, -0.25) is 0 Å². The zero-order chi connectivity index (χ0) is 14.8. The third-order valence-electron chi connectivity index (χ3n) is 3.55. The number of hydrogen-bond acceptors (Lipinski definition) is 2. The van der Waals surface area contributed by atoms with Crippen LogP contribution in [-0.4, -0.2) is 31.1 Å². The Labute approximate surface area is 114 Å². The fraction of sp³-hybridized carbons (Fsp3) is 1.00. The van der Waals surface area contributed by atoms with Crippen molar-refractivity contribution in [3.63, 3.8) is 0 Å². The van der Waals surface area contributed by atoms with E-state index in [2.05, 4.69) is 27.7 Å². The molecule has 4 heteroatoms. The Bertz CT molecular complexity index is 347. The molecule has 0 saturated heterocycles. The van der Waals surface area contributed by atoms with E-state index < -0.39 is 10.0 Å². The normalized spacial score (nSPS) is 16.1. The molecule has 0 amide bonds. The van der Waals surface area contributed by atoms with Crippen molar-refractivity contribution in [2.45, 2.75) is 66.8 Å². The van der Waals surface area contributed by atoms with Crippen molar-refractivity contribution in [2.75, 3.05) is 12.8 Å². The first-order chi connectivity index (χ1) is 7.80. The van der Waals surface area contributed by atoms with Crippen LogP contribution in [0.1, 0.15) is 61.3 Å². The van der Waals surface area contributed by atoms with Crippen LogP contribution in [0.25, 0.3) is 0 Å². The molecule has 0 rings (SSSR count). The second-order valence-electron chi connectivity index (χ2n) is 7.27. The van der Waals surface area contributed by atoms with Crippen molar-refractivity contribution in [1.82, 2.24) is 4.31 Å². The summed E-state index contributed by atoms with van der Waals surface area (Å²) in [4.78, 5) is 0. The molecule has 0 heterocycles. The summed E-state index contributed by atoms with van der Waals surface area (Å²) < 4.78 is 25.3. The fourth-order valence-corrected chi connectivity index (χ4v) is 3.95. The summed E-state index contributed by atoms with van der Waals surface area (Å²) in [5.74, 6) is 0.545. The van der Waals surface area contributed by atoms with E-state index in [1.165, 1.54) is 6.26 Å². The minimum absolute atomic E-state index is 0.232. The van der Waals surface area contributed by atoms with Crippen LogP contribution in [-0.2, 0) is 10.0 Å². The first-order valence-corrected chi connectivity index (χ1v) is 8.62. The van der Waals surface area contributed by atoms with Crippen molar-refractivity contribution in [2.24, 2.45) is 11.3 Å². The van der Waals surface area contributed by atoms with Gasteiger partial charge in [0.15, 0.2) is 0 Å². The number of rotatable bonds is 5. The van der Waals surface area contributed by atoms with Crippen molar-refractivity contribution in [3.8, 4) is 0 Å². The van der Waals surface area contributed by atoms with Crippen LogP contribution in [0.3, 0.4) is 0 Å². The third-order valence-corrected chi connectivity index (χ3v) is 5.08. The Morgan fingerprint density at radius 3 is 1.72 bits per heavy atom. The zero-order valence-electron chi connectivity index (χ0n) is 13.4. The second-order valence-corrected chi connectivity index (χ2v) is 9.17. The van der Waals surface area contributed by atoms with Gasteiger partial charge in [-0.1, -0.05) is 34.1 Å². The molecule has 0 N–H and O–H groups in total. The van der Waals surface area contributed by atoms with E-state index in [1.54, 1.807) is 4.31 Å². The van der Waals surface area contributed by atoms with E-state index in [4.69, 9.17) is 0 Å². The van der Waals surface area contributed by atoms with Gasteiger partial charge in [-0.2, -0.15) is 4.31 Å². The van der Waals surface area contributed by atoms with Crippen LogP contribution in [0.5, 0.6) is 0 Å². The fourth-order valence-electron chi connectivity index (χ4n) is 2.52. The summed E-state index contributed by atoms with van der Waals surface area (Å²) in [7, 11) is -3.14. The average Bonchev–Trinajstić information content (AvgIpc) is 2.05. The second kappa shape index (κ2) is 5.91. The molecule has 110 valence electrons. The summed E-state index contributed by atoms with van der Waals surface area (Å²) in [5, 5.41) is 0. The summed E-state index contributed by atoms with van der Waals surface area (Å²) in [5.41, 5.74) is -0.112. The summed E-state index contributed by atoms with van der Waals surface area (Å²) in [6, 6.07) is 0. The molecule has 0 radical (unpaired) electrons. The predicted octanol–water partition coefficient (Wildman–Crippen LogP) is 3.51. The number of hydrogen-bond donors (Lipinski definition) is 0. The maximum atomic E-state index is 11.9. The quantitative estimate of drug-likeness (QED) is 0.771. The van der Waals surface area contributed by atoms with Gasteiger partial charge in [-0.05, 0) is 38.5 Å². The average molecular weight is 277 g/mol. The van der Waals surface area contributed by atoms with Crippen LogP contribution in [0.2, 0.25) is 0 Å². The molecular formula is C14H31NO2S. The van der Waals surface area contributed by atoms with Crippen molar-refractivity contribution < 1.29 is 8.42 Å². The van der Waals surface area contributed by atoms with Gasteiger partial charge >= 0.3 is 0 Å². The highest BCUT2D eigenvalue weighted by Gasteiger charge is 2.31. The first-order valence-electron chi connectivity index (χ1n) is 6.78. The van der Waals surface area contributed by atoms with Gasteiger partial charge in [0.05, 0.1) is 6.26 Å². The Balaban J connectivity index is 4.85. The van der Waals surface area contributed by atoms with Gasteiger partial charge < -0.3 is 0 Å². The molecule has 1 unspecified atom stereocenters. The number of sulfonamides is 1. The highest BCUT2D eigenvalue weighted by molar-refractivity contribution is 7.88. The van der Waals surface area contributed by atoms with Crippen LogP contribution in [0, 0.1) is 11.3 Å². The van der Waals surface area contributed by atoms with Crippen LogP contribution >= 0.6 is 0 Å². The molecule has 0 aromatic rings. The van der Waals surface area contributed by atoms with Gasteiger partial charge in [-0.15, -0.1) is 0 Å². The lowest BCUT2D eigenvalue weighted by Gasteiger charge is -2.36.